The molecule has 3 nitrogen and oxygen atoms in total. The lowest BCUT2D eigenvalue weighted by Crippen LogP contribution is -2.30. The maximum Gasteiger partial charge on any atom is 0.244 e. The normalized spacial score (nSPS) is 19.5. The van der Waals surface area contributed by atoms with Crippen molar-refractivity contribution < 1.29 is 8.42 Å². The van der Waals surface area contributed by atoms with E-state index in [1.165, 1.54) is 0 Å². The number of halogens is 2. The quantitative estimate of drug-likeness (QED) is 0.631. The Balaban J connectivity index is 1.97. The molecular weight excluding hydrogens is 453 g/mol. The molecule has 3 rings (SSSR count). The van der Waals surface area contributed by atoms with E-state index >= 15 is 0 Å². The summed E-state index contributed by atoms with van der Waals surface area (Å²) < 4.78 is 28.4. The lowest BCUT2D eigenvalue weighted by Gasteiger charge is -2.23. The van der Waals surface area contributed by atoms with Crippen molar-refractivity contribution in [3.8, 4) is 0 Å². The number of nitrogens with zero attached hydrogens (tertiary/aromatic N) is 1. The predicted octanol–water partition coefficient (Wildman–Crippen LogP) is 4.38. The molecule has 0 unspecified atom stereocenters. The van der Waals surface area contributed by atoms with Crippen LogP contribution >= 0.6 is 46.0 Å². The van der Waals surface area contributed by atoms with Crippen LogP contribution in [0.2, 0.25) is 5.02 Å². The van der Waals surface area contributed by atoms with E-state index in [2.05, 4.69) is 22.6 Å². The van der Waals surface area contributed by atoms with Crippen LogP contribution in [0.15, 0.2) is 53.4 Å². The van der Waals surface area contributed by atoms with E-state index in [4.69, 9.17) is 11.6 Å². The molecular formula is C15H13ClINO2S2. The number of rotatable bonds is 3. The second kappa shape index (κ2) is 6.68. The maximum absolute atomic E-state index is 12.9. The highest BCUT2D eigenvalue weighted by Crippen LogP contribution is 2.41. The van der Waals surface area contributed by atoms with E-state index < -0.39 is 10.0 Å². The fraction of sp³-hybridized carbons (Fsp3) is 0.200. The van der Waals surface area contributed by atoms with Gasteiger partial charge in [0.15, 0.2) is 0 Å². The molecule has 0 aromatic heterocycles. The highest BCUT2D eigenvalue weighted by molar-refractivity contribution is 14.1. The lowest BCUT2D eigenvalue weighted by atomic mass is 10.2. The van der Waals surface area contributed by atoms with Gasteiger partial charge in [0.25, 0.3) is 0 Å². The van der Waals surface area contributed by atoms with Crippen LogP contribution in [0.5, 0.6) is 0 Å². The Bertz CT molecular complexity index is 780. The molecule has 2 aromatic rings. The zero-order valence-electron chi connectivity index (χ0n) is 11.4. The molecule has 0 amide bonds. The zero-order valence-corrected chi connectivity index (χ0v) is 16.0. The summed E-state index contributed by atoms with van der Waals surface area (Å²) in [6, 6.07) is 14.3. The first-order valence-corrected chi connectivity index (χ1v) is 10.6. The Hall–Kier alpha value is -0.280. The van der Waals surface area contributed by atoms with Crippen LogP contribution in [0, 0.1) is 3.57 Å². The second-order valence-electron chi connectivity index (χ2n) is 4.85. The summed E-state index contributed by atoms with van der Waals surface area (Å²) in [6.45, 7) is 0.510. The van der Waals surface area contributed by atoms with E-state index in [0.29, 0.717) is 16.5 Å². The van der Waals surface area contributed by atoms with Crippen molar-refractivity contribution >= 4 is 56.0 Å². The van der Waals surface area contributed by atoms with E-state index in [1.54, 1.807) is 34.3 Å². The van der Waals surface area contributed by atoms with Gasteiger partial charge in [0.1, 0.15) is 0 Å². The number of thioether (sulfide) groups is 1. The third-order valence-electron chi connectivity index (χ3n) is 3.40. The Morgan fingerprint density at radius 1 is 1.18 bits per heavy atom. The van der Waals surface area contributed by atoms with Crippen molar-refractivity contribution in [2.45, 2.75) is 10.3 Å². The largest absolute Gasteiger partial charge is 0.244 e. The number of hydrogen-bond acceptors (Lipinski definition) is 3. The molecule has 0 radical (unpaired) electrons. The summed E-state index contributed by atoms with van der Waals surface area (Å²) in [5.41, 5.74) is 0.920. The Morgan fingerprint density at radius 2 is 1.91 bits per heavy atom. The molecule has 0 bridgehead atoms. The molecule has 22 heavy (non-hydrogen) atoms. The van der Waals surface area contributed by atoms with Crippen molar-refractivity contribution in [2.24, 2.45) is 0 Å². The maximum atomic E-state index is 12.9. The van der Waals surface area contributed by atoms with E-state index in [9.17, 15) is 8.42 Å². The Morgan fingerprint density at radius 3 is 2.59 bits per heavy atom. The second-order valence-corrected chi connectivity index (χ2v) is 9.61. The van der Waals surface area contributed by atoms with Crippen LogP contribution in [0.1, 0.15) is 10.9 Å². The Labute approximate surface area is 153 Å². The van der Waals surface area contributed by atoms with Crippen molar-refractivity contribution in [1.29, 1.82) is 0 Å². The van der Waals surface area contributed by atoms with Crippen molar-refractivity contribution in [3.63, 3.8) is 0 Å². The molecule has 2 aromatic carbocycles. The van der Waals surface area contributed by atoms with Crippen molar-refractivity contribution in [1.82, 2.24) is 4.31 Å². The summed E-state index contributed by atoms with van der Waals surface area (Å²) in [5.74, 6) is 0.779. The van der Waals surface area contributed by atoms with Crippen LogP contribution in [0.3, 0.4) is 0 Å². The highest BCUT2D eigenvalue weighted by atomic mass is 127. The molecule has 0 N–H and O–H groups in total. The minimum absolute atomic E-state index is 0.219. The summed E-state index contributed by atoms with van der Waals surface area (Å²) in [7, 11) is -3.50. The molecule has 1 atom stereocenters. The SMILES string of the molecule is O=S(=O)(c1ccc(I)cc1)N1CCS[C@H]1c1cccc(Cl)c1. The molecule has 1 heterocycles. The van der Waals surface area contributed by atoms with Gasteiger partial charge in [0.2, 0.25) is 10.0 Å². The summed E-state index contributed by atoms with van der Waals surface area (Å²) >= 11 is 9.83. The molecule has 7 heteroatoms. The molecule has 1 aliphatic rings. The van der Waals surface area contributed by atoms with Gasteiger partial charge in [-0.3, -0.25) is 0 Å². The van der Waals surface area contributed by atoms with Gasteiger partial charge in [-0.15, -0.1) is 11.8 Å². The van der Waals surface area contributed by atoms with Gasteiger partial charge in [-0.2, -0.15) is 4.31 Å². The smallest absolute Gasteiger partial charge is 0.207 e. The first-order valence-electron chi connectivity index (χ1n) is 6.63. The fourth-order valence-corrected chi connectivity index (χ4v) is 6.15. The van der Waals surface area contributed by atoms with E-state index in [0.717, 1.165) is 14.9 Å². The van der Waals surface area contributed by atoms with Crippen LogP contribution in [-0.4, -0.2) is 25.0 Å². The molecule has 0 aliphatic carbocycles. The fourth-order valence-electron chi connectivity index (χ4n) is 2.37. The van der Waals surface area contributed by atoms with Crippen LogP contribution in [-0.2, 0) is 10.0 Å². The van der Waals surface area contributed by atoms with Gasteiger partial charge in [-0.1, -0.05) is 23.7 Å². The standard InChI is InChI=1S/C15H13ClINO2S2/c16-12-3-1-2-11(10-12)15-18(8-9-21-15)22(19,20)14-6-4-13(17)5-7-14/h1-7,10,15H,8-9H2/t15-/m0/s1. The molecule has 116 valence electrons. The molecule has 0 spiro atoms. The van der Waals surface area contributed by atoms with Crippen LogP contribution < -0.4 is 0 Å². The summed E-state index contributed by atoms with van der Waals surface area (Å²) in [4.78, 5) is 0.336. The minimum Gasteiger partial charge on any atom is -0.207 e. The third-order valence-corrected chi connectivity index (χ3v) is 7.63. The average molecular weight is 466 g/mol. The monoisotopic (exact) mass is 465 g/mol. The van der Waals surface area contributed by atoms with Crippen molar-refractivity contribution in [2.75, 3.05) is 12.3 Å². The van der Waals surface area contributed by atoms with Crippen molar-refractivity contribution in [3.05, 3.63) is 62.7 Å². The third kappa shape index (κ3) is 3.31. The van der Waals surface area contributed by atoms with E-state index in [1.807, 2.05) is 30.3 Å². The van der Waals surface area contributed by atoms with E-state index in [-0.39, 0.29) is 5.37 Å². The van der Waals surface area contributed by atoms with Crippen LogP contribution in [0.25, 0.3) is 0 Å². The minimum atomic E-state index is -3.50. The first-order chi connectivity index (χ1) is 10.5. The summed E-state index contributed by atoms with van der Waals surface area (Å²) in [6.07, 6.45) is 0. The number of hydrogen-bond donors (Lipinski definition) is 0. The topological polar surface area (TPSA) is 37.4 Å². The molecule has 1 saturated heterocycles. The van der Waals surface area contributed by atoms with Gasteiger partial charge in [0.05, 0.1) is 10.3 Å². The van der Waals surface area contributed by atoms with Crippen LogP contribution in [0.4, 0.5) is 0 Å². The van der Waals surface area contributed by atoms with Gasteiger partial charge in [0, 0.05) is 20.9 Å². The Kier molecular flexibility index (Phi) is 5.04. The predicted molar refractivity (Wildman–Crippen MR) is 99.7 cm³/mol. The molecule has 1 aliphatic heterocycles. The van der Waals surface area contributed by atoms with Gasteiger partial charge in [-0.05, 0) is 64.6 Å². The lowest BCUT2D eigenvalue weighted by molar-refractivity contribution is 0.434. The van der Waals surface area contributed by atoms with Gasteiger partial charge >= 0.3 is 0 Å². The summed E-state index contributed by atoms with van der Waals surface area (Å²) in [5, 5.41) is 0.402. The number of benzene rings is 2. The van der Waals surface area contributed by atoms with Gasteiger partial charge < -0.3 is 0 Å². The first kappa shape index (κ1) is 16.6. The highest BCUT2D eigenvalue weighted by Gasteiger charge is 2.36. The number of sulfonamides is 1. The average Bonchev–Trinajstić information content (AvgIpc) is 2.98. The molecule has 1 fully saturated rings. The zero-order chi connectivity index (χ0) is 15.7. The van der Waals surface area contributed by atoms with Gasteiger partial charge in [-0.25, -0.2) is 8.42 Å². The molecule has 0 saturated carbocycles.